The Morgan fingerprint density at radius 3 is 2.31 bits per heavy atom. The third-order valence-electron chi connectivity index (χ3n) is 3.82. The number of rotatable bonds is 1. The standard InChI is InChI=1S/C13H26N2S/c1-2-5-9-13(10-6-3-1)15-12-8-4-7-11-14-16-15/h13-14H,1-12H2. The van der Waals surface area contributed by atoms with E-state index >= 15 is 0 Å². The molecule has 0 aromatic heterocycles. The van der Waals surface area contributed by atoms with Gasteiger partial charge in [0.2, 0.25) is 0 Å². The lowest BCUT2D eigenvalue weighted by Crippen LogP contribution is -2.35. The first kappa shape index (κ1) is 12.7. The molecule has 1 aliphatic carbocycles. The highest BCUT2D eigenvalue weighted by Crippen LogP contribution is 2.26. The number of hydrogen-bond donors (Lipinski definition) is 1. The second kappa shape index (κ2) is 7.57. The lowest BCUT2D eigenvalue weighted by Gasteiger charge is -2.32. The zero-order valence-electron chi connectivity index (χ0n) is 10.4. The lowest BCUT2D eigenvalue weighted by molar-refractivity contribution is 0.278. The van der Waals surface area contributed by atoms with Gasteiger partial charge in [-0.1, -0.05) is 38.5 Å². The predicted molar refractivity (Wildman–Crippen MR) is 72.3 cm³/mol. The fourth-order valence-electron chi connectivity index (χ4n) is 2.80. The van der Waals surface area contributed by atoms with E-state index in [1.807, 2.05) is 12.1 Å². The van der Waals surface area contributed by atoms with Gasteiger partial charge in [-0.3, -0.25) is 4.72 Å². The van der Waals surface area contributed by atoms with Crippen molar-refractivity contribution in [2.75, 3.05) is 13.1 Å². The van der Waals surface area contributed by atoms with Crippen molar-refractivity contribution in [3.05, 3.63) is 0 Å². The minimum Gasteiger partial charge on any atom is -0.251 e. The first-order chi connectivity index (χ1) is 7.97. The molecule has 1 N–H and O–H groups in total. The first-order valence-electron chi connectivity index (χ1n) is 7.13. The minimum absolute atomic E-state index is 0.843. The summed E-state index contributed by atoms with van der Waals surface area (Å²) in [6.07, 6.45) is 14.3. The van der Waals surface area contributed by atoms with Crippen molar-refractivity contribution in [2.45, 2.75) is 70.3 Å². The van der Waals surface area contributed by atoms with Gasteiger partial charge in [-0.15, -0.1) is 0 Å². The molecule has 0 atom stereocenters. The number of hydrogen-bond acceptors (Lipinski definition) is 3. The van der Waals surface area contributed by atoms with Gasteiger partial charge in [0.05, 0.1) is 0 Å². The molecule has 1 aliphatic heterocycles. The van der Waals surface area contributed by atoms with Crippen molar-refractivity contribution in [1.82, 2.24) is 9.03 Å². The van der Waals surface area contributed by atoms with Gasteiger partial charge in [-0.2, -0.15) is 0 Å². The van der Waals surface area contributed by atoms with Crippen LogP contribution in [0.5, 0.6) is 0 Å². The summed E-state index contributed by atoms with van der Waals surface area (Å²) in [5.41, 5.74) is 0. The smallest absolute Gasteiger partial charge is 0.0214 e. The third-order valence-corrected chi connectivity index (χ3v) is 4.87. The molecule has 1 saturated heterocycles. The van der Waals surface area contributed by atoms with Crippen LogP contribution in [0.4, 0.5) is 0 Å². The van der Waals surface area contributed by atoms with Gasteiger partial charge in [0.1, 0.15) is 0 Å². The van der Waals surface area contributed by atoms with Gasteiger partial charge in [0.25, 0.3) is 0 Å². The summed E-state index contributed by atoms with van der Waals surface area (Å²) in [6.45, 7) is 2.48. The molecule has 0 unspecified atom stereocenters. The Morgan fingerprint density at radius 2 is 1.50 bits per heavy atom. The summed E-state index contributed by atoms with van der Waals surface area (Å²) < 4.78 is 6.16. The quantitative estimate of drug-likeness (QED) is 0.705. The van der Waals surface area contributed by atoms with Crippen molar-refractivity contribution in [3.8, 4) is 0 Å². The maximum Gasteiger partial charge on any atom is 0.0214 e. The lowest BCUT2D eigenvalue weighted by atomic mass is 9.96. The summed E-state index contributed by atoms with van der Waals surface area (Å²) >= 11 is 1.90. The molecule has 2 rings (SSSR count). The summed E-state index contributed by atoms with van der Waals surface area (Å²) in [5.74, 6) is 0. The largest absolute Gasteiger partial charge is 0.251 e. The van der Waals surface area contributed by atoms with E-state index in [4.69, 9.17) is 0 Å². The molecule has 0 radical (unpaired) electrons. The van der Waals surface area contributed by atoms with Crippen LogP contribution in [0.2, 0.25) is 0 Å². The van der Waals surface area contributed by atoms with E-state index in [1.165, 1.54) is 77.3 Å². The van der Waals surface area contributed by atoms with Gasteiger partial charge < -0.3 is 0 Å². The predicted octanol–water partition coefficient (Wildman–Crippen LogP) is 3.74. The monoisotopic (exact) mass is 242 g/mol. The average molecular weight is 242 g/mol. The van der Waals surface area contributed by atoms with Crippen molar-refractivity contribution in [3.63, 3.8) is 0 Å². The third kappa shape index (κ3) is 4.27. The van der Waals surface area contributed by atoms with E-state index in [9.17, 15) is 0 Å². The fraction of sp³-hybridized carbons (Fsp3) is 1.00. The molecular weight excluding hydrogens is 216 g/mol. The Hall–Kier alpha value is 0.270. The van der Waals surface area contributed by atoms with E-state index in [1.54, 1.807) is 0 Å². The second-order valence-electron chi connectivity index (χ2n) is 5.19. The van der Waals surface area contributed by atoms with E-state index < -0.39 is 0 Å². The molecule has 0 amide bonds. The molecule has 2 fully saturated rings. The van der Waals surface area contributed by atoms with E-state index in [0.29, 0.717) is 0 Å². The van der Waals surface area contributed by atoms with E-state index in [2.05, 4.69) is 9.03 Å². The average Bonchev–Trinajstić information content (AvgIpc) is 2.18. The van der Waals surface area contributed by atoms with Crippen molar-refractivity contribution in [1.29, 1.82) is 0 Å². The SMILES string of the molecule is C1CCCC(N2CCCCCNS2)CCC1. The van der Waals surface area contributed by atoms with E-state index in [-0.39, 0.29) is 0 Å². The Labute approximate surface area is 105 Å². The summed E-state index contributed by atoms with van der Waals surface area (Å²) in [4.78, 5) is 0. The van der Waals surface area contributed by atoms with Crippen LogP contribution in [-0.2, 0) is 0 Å². The fourth-order valence-corrected chi connectivity index (χ4v) is 3.78. The maximum atomic E-state index is 3.51. The molecule has 2 aliphatic rings. The zero-order valence-corrected chi connectivity index (χ0v) is 11.2. The van der Waals surface area contributed by atoms with Crippen molar-refractivity contribution >= 4 is 12.1 Å². The number of nitrogens with one attached hydrogen (secondary N) is 1. The molecule has 0 aromatic rings. The highest BCUT2D eigenvalue weighted by atomic mass is 32.2. The maximum absolute atomic E-state index is 3.51. The molecule has 0 spiro atoms. The number of nitrogens with zero attached hydrogens (tertiary/aromatic N) is 1. The van der Waals surface area contributed by atoms with Gasteiger partial charge >= 0.3 is 0 Å². The highest BCUT2D eigenvalue weighted by Gasteiger charge is 2.20. The molecule has 2 nitrogen and oxygen atoms in total. The van der Waals surface area contributed by atoms with Crippen LogP contribution in [0, 0.1) is 0 Å². The van der Waals surface area contributed by atoms with Crippen LogP contribution in [0.25, 0.3) is 0 Å². The summed E-state index contributed by atoms with van der Waals surface area (Å²) in [6, 6.07) is 0.843. The van der Waals surface area contributed by atoms with Gasteiger partial charge in [-0.05, 0) is 25.7 Å². The van der Waals surface area contributed by atoms with Crippen LogP contribution in [-0.4, -0.2) is 23.4 Å². The van der Waals surface area contributed by atoms with E-state index in [0.717, 1.165) is 6.04 Å². The van der Waals surface area contributed by atoms with Gasteiger partial charge in [0, 0.05) is 31.3 Å². The van der Waals surface area contributed by atoms with Crippen LogP contribution in [0.3, 0.4) is 0 Å². The van der Waals surface area contributed by atoms with Crippen LogP contribution < -0.4 is 4.72 Å². The molecule has 3 heteroatoms. The molecule has 0 aromatic carbocycles. The van der Waals surface area contributed by atoms with Crippen LogP contribution >= 0.6 is 12.1 Å². The Bertz CT molecular complexity index is 151. The van der Waals surface area contributed by atoms with Crippen molar-refractivity contribution in [2.24, 2.45) is 0 Å². The Kier molecular flexibility index (Phi) is 6.02. The molecule has 1 saturated carbocycles. The van der Waals surface area contributed by atoms with Crippen molar-refractivity contribution < 1.29 is 0 Å². The normalized spacial score (nSPS) is 27.8. The first-order valence-corrected chi connectivity index (χ1v) is 7.90. The summed E-state index contributed by atoms with van der Waals surface area (Å²) in [7, 11) is 0. The molecule has 1 heterocycles. The van der Waals surface area contributed by atoms with Gasteiger partial charge in [-0.25, -0.2) is 4.31 Å². The molecule has 0 bridgehead atoms. The molecule has 94 valence electrons. The topological polar surface area (TPSA) is 15.3 Å². The molecular formula is C13H26N2S. The van der Waals surface area contributed by atoms with Crippen LogP contribution in [0.15, 0.2) is 0 Å². The summed E-state index contributed by atoms with van der Waals surface area (Å²) in [5, 5.41) is 0. The highest BCUT2D eigenvalue weighted by molar-refractivity contribution is 7.95. The van der Waals surface area contributed by atoms with Gasteiger partial charge in [0.15, 0.2) is 0 Å². The minimum atomic E-state index is 0.843. The molecule has 16 heavy (non-hydrogen) atoms. The second-order valence-corrected chi connectivity index (χ2v) is 6.13. The Morgan fingerprint density at radius 1 is 0.812 bits per heavy atom. The zero-order chi connectivity index (χ0) is 11.1. The van der Waals surface area contributed by atoms with Crippen LogP contribution in [0.1, 0.15) is 64.2 Å². The Balaban J connectivity index is 1.81.